The van der Waals surface area contributed by atoms with Gasteiger partial charge in [0.2, 0.25) is 0 Å². The molecule has 0 aliphatic carbocycles. The van der Waals surface area contributed by atoms with Gasteiger partial charge in [0.05, 0.1) is 5.56 Å². The molecule has 0 aromatic heterocycles. The van der Waals surface area contributed by atoms with E-state index >= 15 is 0 Å². The lowest BCUT2D eigenvalue weighted by Crippen LogP contribution is -1.96. The van der Waals surface area contributed by atoms with Crippen LogP contribution in [0, 0.1) is 24.1 Å². The zero-order chi connectivity index (χ0) is 14.0. The highest BCUT2D eigenvalue weighted by Crippen LogP contribution is 2.31. The second-order valence-electron chi connectivity index (χ2n) is 3.99. The van der Waals surface area contributed by atoms with Crippen LogP contribution in [0.25, 0.3) is 0 Å². The molecule has 2 rings (SSSR count). The van der Waals surface area contributed by atoms with Gasteiger partial charge in [0.1, 0.15) is 11.8 Å². The fourth-order valence-electron chi connectivity index (χ4n) is 1.55. The minimum Gasteiger partial charge on any atom is -0.453 e. The number of nitrogen functional groups attached to an aromatic ring is 1. The molecule has 0 aliphatic heterocycles. The molecule has 0 aliphatic rings. The normalized spacial score (nSPS) is 10.0. The molecule has 0 saturated carbocycles. The van der Waals surface area contributed by atoms with Gasteiger partial charge in [0.15, 0.2) is 11.6 Å². The van der Waals surface area contributed by atoms with Gasteiger partial charge >= 0.3 is 0 Å². The summed E-state index contributed by atoms with van der Waals surface area (Å²) in [5, 5.41) is 9.02. The highest BCUT2D eigenvalue weighted by molar-refractivity contribution is 9.10. The molecule has 0 bridgehead atoms. The quantitative estimate of drug-likeness (QED) is 0.846. The zero-order valence-corrected chi connectivity index (χ0v) is 11.7. The minimum atomic E-state index is -0.560. The molecular formula is C14H10BrFN2O. The average Bonchev–Trinajstić information content (AvgIpc) is 2.37. The van der Waals surface area contributed by atoms with Crippen molar-refractivity contribution in [2.45, 2.75) is 6.92 Å². The largest absolute Gasteiger partial charge is 0.453 e. The molecule has 2 N–H and O–H groups in total. The molecule has 0 fully saturated rings. The first-order chi connectivity index (χ1) is 9.01. The van der Waals surface area contributed by atoms with Gasteiger partial charge in [-0.1, -0.05) is 15.9 Å². The second-order valence-corrected chi connectivity index (χ2v) is 4.91. The van der Waals surface area contributed by atoms with Crippen molar-refractivity contribution >= 4 is 21.6 Å². The molecule has 19 heavy (non-hydrogen) atoms. The molecule has 5 heteroatoms. The van der Waals surface area contributed by atoms with Crippen LogP contribution in [0.5, 0.6) is 11.5 Å². The topological polar surface area (TPSA) is 59.0 Å². The van der Waals surface area contributed by atoms with E-state index in [2.05, 4.69) is 15.9 Å². The van der Waals surface area contributed by atoms with E-state index in [4.69, 9.17) is 15.7 Å². The first-order valence-electron chi connectivity index (χ1n) is 5.44. The number of ether oxygens (including phenoxy) is 1. The van der Waals surface area contributed by atoms with Crippen molar-refractivity contribution in [3.05, 3.63) is 51.7 Å². The third-order valence-corrected chi connectivity index (χ3v) is 3.10. The average molecular weight is 321 g/mol. The van der Waals surface area contributed by atoms with E-state index in [0.29, 0.717) is 22.6 Å². The van der Waals surface area contributed by atoms with Crippen LogP contribution >= 0.6 is 15.9 Å². The van der Waals surface area contributed by atoms with Crippen LogP contribution in [-0.4, -0.2) is 0 Å². The number of nitrogens with zero attached hydrogens (tertiary/aromatic N) is 1. The first-order valence-corrected chi connectivity index (χ1v) is 6.23. The Hall–Kier alpha value is -2.06. The first kappa shape index (κ1) is 13.4. The highest BCUT2D eigenvalue weighted by atomic mass is 79.9. The summed E-state index contributed by atoms with van der Waals surface area (Å²) >= 11 is 3.26. The van der Waals surface area contributed by atoms with Crippen LogP contribution < -0.4 is 10.5 Å². The summed E-state index contributed by atoms with van der Waals surface area (Å²) < 4.78 is 19.9. The van der Waals surface area contributed by atoms with Gasteiger partial charge in [0.25, 0.3) is 0 Å². The molecule has 0 radical (unpaired) electrons. The number of anilines is 1. The summed E-state index contributed by atoms with van der Waals surface area (Å²) in [6, 6.07) is 9.65. The Morgan fingerprint density at radius 2 is 2.00 bits per heavy atom. The predicted molar refractivity (Wildman–Crippen MR) is 74.5 cm³/mol. The van der Waals surface area contributed by atoms with Crippen LogP contribution in [0.4, 0.5) is 10.1 Å². The number of hydrogen-bond acceptors (Lipinski definition) is 3. The predicted octanol–water partition coefficient (Wildman–Crippen LogP) is 4.14. The third kappa shape index (κ3) is 2.85. The van der Waals surface area contributed by atoms with Gasteiger partial charge in [-0.3, -0.25) is 0 Å². The molecule has 0 spiro atoms. The van der Waals surface area contributed by atoms with Gasteiger partial charge in [-0.05, 0) is 36.8 Å². The summed E-state index contributed by atoms with van der Waals surface area (Å²) in [5.41, 5.74) is 7.00. The molecule has 0 unspecified atom stereocenters. The summed E-state index contributed by atoms with van der Waals surface area (Å²) in [6.07, 6.45) is 0. The van der Waals surface area contributed by atoms with Gasteiger partial charge in [-0.15, -0.1) is 0 Å². The Labute approximate surface area is 118 Å². The highest BCUT2D eigenvalue weighted by Gasteiger charge is 2.11. The van der Waals surface area contributed by atoms with Crippen LogP contribution in [0.1, 0.15) is 11.1 Å². The summed E-state index contributed by atoms with van der Waals surface area (Å²) in [5.74, 6) is -0.214. The maximum Gasteiger partial charge on any atom is 0.167 e. The molecule has 96 valence electrons. The van der Waals surface area contributed by atoms with Crippen LogP contribution in [0.15, 0.2) is 34.8 Å². The number of hydrogen-bond donors (Lipinski definition) is 1. The maximum absolute atomic E-state index is 13.7. The van der Waals surface area contributed by atoms with Gasteiger partial charge in [-0.2, -0.15) is 5.26 Å². The zero-order valence-electron chi connectivity index (χ0n) is 10.1. The standard InChI is InChI=1S/C14H10BrFN2O/c1-8-4-14(11(16)6-12(8)18)19-13-3-2-10(15)5-9(13)7-17/h2-6H,18H2,1H3. The Kier molecular flexibility index (Phi) is 3.72. The van der Waals surface area contributed by atoms with E-state index in [1.807, 2.05) is 6.07 Å². The SMILES string of the molecule is Cc1cc(Oc2ccc(Br)cc2C#N)c(F)cc1N. The summed E-state index contributed by atoms with van der Waals surface area (Å²) in [6.45, 7) is 1.76. The lowest BCUT2D eigenvalue weighted by Gasteiger charge is -2.10. The lowest BCUT2D eigenvalue weighted by molar-refractivity contribution is 0.441. The Morgan fingerprint density at radius 1 is 1.26 bits per heavy atom. The van der Waals surface area contributed by atoms with Gasteiger partial charge < -0.3 is 10.5 Å². The molecule has 3 nitrogen and oxygen atoms in total. The summed E-state index contributed by atoms with van der Waals surface area (Å²) in [7, 11) is 0. The van der Waals surface area contributed by atoms with E-state index in [9.17, 15) is 4.39 Å². The fourth-order valence-corrected chi connectivity index (χ4v) is 1.91. The number of aryl methyl sites for hydroxylation is 1. The molecular weight excluding hydrogens is 311 g/mol. The third-order valence-electron chi connectivity index (χ3n) is 2.60. The fraction of sp³-hybridized carbons (Fsp3) is 0.0714. The monoisotopic (exact) mass is 320 g/mol. The van der Waals surface area contributed by atoms with E-state index in [-0.39, 0.29) is 5.75 Å². The van der Waals surface area contributed by atoms with Crippen molar-refractivity contribution in [1.82, 2.24) is 0 Å². The van der Waals surface area contributed by atoms with Gasteiger partial charge in [0, 0.05) is 16.2 Å². The molecule has 2 aromatic rings. The van der Waals surface area contributed by atoms with Crippen molar-refractivity contribution in [2.24, 2.45) is 0 Å². The number of halogens is 2. The Bertz CT molecular complexity index is 680. The number of nitriles is 1. The minimum absolute atomic E-state index is 0.0468. The van der Waals surface area contributed by atoms with Crippen molar-refractivity contribution in [3.8, 4) is 17.6 Å². The lowest BCUT2D eigenvalue weighted by atomic mass is 10.2. The van der Waals surface area contributed by atoms with Crippen molar-refractivity contribution in [2.75, 3.05) is 5.73 Å². The van der Waals surface area contributed by atoms with Crippen molar-refractivity contribution in [3.63, 3.8) is 0 Å². The second kappa shape index (κ2) is 5.29. The van der Waals surface area contributed by atoms with Crippen molar-refractivity contribution in [1.29, 1.82) is 5.26 Å². The van der Waals surface area contributed by atoms with E-state index in [1.54, 1.807) is 25.1 Å². The van der Waals surface area contributed by atoms with E-state index < -0.39 is 5.82 Å². The number of rotatable bonds is 2. The van der Waals surface area contributed by atoms with E-state index in [0.717, 1.165) is 4.47 Å². The van der Waals surface area contributed by atoms with E-state index in [1.165, 1.54) is 12.1 Å². The Balaban J connectivity index is 2.42. The summed E-state index contributed by atoms with van der Waals surface area (Å²) in [4.78, 5) is 0. The number of nitrogens with two attached hydrogens (primary N) is 1. The molecule has 0 saturated heterocycles. The number of benzene rings is 2. The van der Waals surface area contributed by atoms with Crippen LogP contribution in [0.2, 0.25) is 0 Å². The molecule has 0 heterocycles. The smallest absolute Gasteiger partial charge is 0.167 e. The Morgan fingerprint density at radius 3 is 2.68 bits per heavy atom. The molecule has 2 aromatic carbocycles. The molecule has 0 atom stereocenters. The maximum atomic E-state index is 13.7. The van der Waals surface area contributed by atoms with Crippen LogP contribution in [-0.2, 0) is 0 Å². The van der Waals surface area contributed by atoms with Gasteiger partial charge in [-0.25, -0.2) is 4.39 Å². The van der Waals surface area contributed by atoms with Crippen molar-refractivity contribution < 1.29 is 9.13 Å². The van der Waals surface area contributed by atoms with Crippen LogP contribution in [0.3, 0.4) is 0 Å². The molecule has 0 amide bonds.